The third kappa shape index (κ3) is 4.10. The van der Waals surface area contributed by atoms with Gasteiger partial charge >= 0.3 is 0 Å². The third-order valence-electron chi connectivity index (χ3n) is 5.45. The molecule has 0 radical (unpaired) electrons. The topological polar surface area (TPSA) is 102 Å². The van der Waals surface area contributed by atoms with Gasteiger partial charge in [0.2, 0.25) is 16.8 Å². The lowest BCUT2D eigenvalue weighted by Gasteiger charge is -2.21. The second-order valence-electron chi connectivity index (χ2n) is 7.68. The largest absolute Gasteiger partial charge is 0.468 e. The Morgan fingerprint density at radius 1 is 1.06 bits per heavy atom. The first-order chi connectivity index (χ1) is 15.8. The summed E-state index contributed by atoms with van der Waals surface area (Å²) in [6.07, 6.45) is 1.47. The molecule has 0 bridgehead atoms. The van der Waals surface area contributed by atoms with E-state index in [0.717, 1.165) is 5.56 Å². The first-order valence-electron chi connectivity index (χ1n) is 10.1. The number of rotatable bonds is 6. The van der Waals surface area contributed by atoms with Gasteiger partial charge < -0.3 is 18.9 Å². The summed E-state index contributed by atoms with van der Waals surface area (Å²) in [4.78, 5) is 15.7. The van der Waals surface area contributed by atoms with Gasteiger partial charge in [0.05, 0.1) is 23.2 Å². The van der Waals surface area contributed by atoms with E-state index in [2.05, 4.69) is 4.98 Å². The van der Waals surface area contributed by atoms with E-state index >= 15 is 0 Å². The number of sulfonamides is 1. The van der Waals surface area contributed by atoms with E-state index in [0.29, 0.717) is 33.2 Å². The fourth-order valence-corrected chi connectivity index (χ4v) is 5.29. The monoisotopic (exact) mass is 486 g/mol. The van der Waals surface area contributed by atoms with Crippen molar-refractivity contribution in [1.29, 1.82) is 0 Å². The summed E-state index contributed by atoms with van der Waals surface area (Å²) in [6, 6.07) is 13.0. The normalized spacial score (nSPS) is 13.2. The van der Waals surface area contributed by atoms with Gasteiger partial charge in [-0.25, -0.2) is 8.42 Å². The molecule has 1 aliphatic rings. The number of furan rings is 1. The van der Waals surface area contributed by atoms with Gasteiger partial charge in [-0.05, 0) is 48.9 Å². The average Bonchev–Trinajstić information content (AvgIpc) is 3.45. The van der Waals surface area contributed by atoms with Gasteiger partial charge in [0.25, 0.3) is 5.56 Å². The van der Waals surface area contributed by atoms with E-state index in [1.54, 1.807) is 43.3 Å². The van der Waals surface area contributed by atoms with Gasteiger partial charge in [0, 0.05) is 28.6 Å². The summed E-state index contributed by atoms with van der Waals surface area (Å²) in [5.41, 5.74) is 1.20. The van der Waals surface area contributed by atoms with Crippen molar-refractivity contribution in [3.05, 3.63) is 87.1 Å². The molecular weight excluding hydrogens is 468 g/mol. The Morgan fingerprint density at radius 2 is 1.85 bits per heavy atom. The molecule has 2 aromatic carbocycles. The van der Waals surface area contributed by atoms with Crippen LogP contribution in [0.3, 0.4) is 0 Å². The van der Waals surface area contributed by atoms with E-state index in [-0.39, 0.29) is 30.3 Å². The number of nitrogens with one attached hydrogen (secondary N) is 1. The summed E-state index contributed by atoms with van der Waals surface area (Å²) < 4.78 is 44.4. The molecule has 0 atom stereocenters. The Morgan fingerprint density at radius 3 is 2.58 bits per heavy atom. The predicted molar refractivity (Wildman–Crippen MR) is 122 cm³/mol. The lowest BCUT2D eigenvalue weighted by atomic mass is 10.1. The molecule has 0 fully saturated rings. The lowest BCUT2D eigenvalue weighted by Crippen LogP contribution is -2.32. The highest BCUT2D eigenvalue weighted by molar-refractivity contribution is 7.89. The minimum absolute atomic E-state index is 0.0326. The van der Waals surface area contributed by atoms with E-state index in [1.807, 2.05) is 0 Å². The highest BCUT2D eigenvalue weighted by Gasteiger charge is 2.27. The van der Waals surface area contributed by atoms with Crippen LogP contribution in [-0.4, -0.2) is 24.5 Å². The van der Waals surface area contributed by atoms with Crippen molar-refractivity contribution in [2.45, 2.75) is 24.9 Å². The third-order valence-corrected chi connectivity index (χ3v) is 7.65. The maximum Gasteiger partial charge on any atom is 0.252 e. The van der Waals surface area contributed by atoms with Crippen molar-refractivity contribution in [3.63, 3.8) is 0 Å². The molecule has 0 saturated heterocycles. The van der Waals surface area contributed by atoms with Crippen LogP contribution in [0.25, 0.3) is 10.9 Å². The molecule has 1 N–H and O–H groups in total. The van der Waals surface area contributed by atoms with Gasteiger partial charge in [-0.1, -0.05) is 17.7 Å². The Hall–Kier alpha value is -3.27. The van der Waals surface area contributed by atoms with Crippen LogP contribution in [0.2, 0.25) is 5.02 Å². The molecule has 33 heavy (non-hydrogen) atoms. The van der Waals surface area contributed by atoms with Gasteiger partial charge in [-0.3, -0.25) is 4.79 Å². The molecule has 170 valence electrons. The zero-order chi connectivity index (χ0) is 23.2. The van der Waals surface area contributed by atoms with Crippen LogP contribution >= 0.6 is 11.6 Å². The second-order valence-corrected chi connectivity index (χ2v) is 10.0. The molecule has 4 aromatic rings. The van der Waals surface area contributed by atoms with Crippen LogP contribution in [-0.2, 0) is 23.1 Å². The molecular formula is C23H19ClN2O6S. The van der Waals surface area contributed by atoms with E-state index in [1.165, 1.54) is 22.7 Å². The number of fused-ring (bicyclic) bond motifs is 2. The lowest BCUT2D eigenvalue weighted by molar-refractivity contribution is 0.174. The van der Waals surface area contributed by atoms with E-state index in [4.69, 9.17) is 25.5 Å². The maximum atomic E-state index is 13.5. The van der Waals surface area contributed by atoms with Crippen LogP contribution in [0.5, 0.6) is 11.5 Å². The highest BCUT2D eigenvalue weighted by atomic mass is 35.5. The smallest absolute Gasteiger partial charge is 0.252 e. The highest BCUT2D eigenvalue weighted by Crippen LogP contribution is 2.35. The minimum atomic E-state index is -4.00. The fraction of sp³-hybridized carbons (Fsp3) is 0.174. The Balaban J connectivity index is 1.56. The number of hydrogen-bond donors (Lipinski definition) is 1. The molecule has 8 nitrogen and oxygen atoms in total. The van der Waals surface area contributed by atoms with Crippen molar-refractivity contribution in [2.24, 2.45) is 0 Å². The molecule has 0 unspecified atom stereocenters. The SMILES string of the molecule is Cc1ccc(S(=O)(=O)N(Cc2ccco2)Cc2cc3cc4c(cc3[nH]c2=O)OCO4)cc1Cl. The Bertz CT molecular complexity index is 1510. The van der Waals surface area contributed by atoms with Crippen LogP contribution < -0.4 is 15.0 Å². The predicted octanol–water partition coefficient (Wildman–Crippen LogP) is 4.20. The quantitative estimate of drug-likeness (QED) is 0.438. The number of nitrogens with zero attached hydrogens (tertiary/aromatic N) is 1. The average molecular weight is 487 g/mol. The van der Waals surface area contributed by atoms with Crippen molar-refractivity contribution in [3.8, 4) is 11.5 Å². The van der Waals surface area contributed by atoms with Crippen molar-refractivity contribution >= 4 is 32.5 Å². The van der Waals surface area contributed by atoms with Crippen LogP contribution in [0.15, 0.2) is 68.9 Å². The minimum Gasteiger partial charge on any atom is -0.468 e. The number of ether oxygens (including phenoxy) is 2. The number of pyridine rings is 1. The zero-order valence-electron chi connectivity index (χ0n) is 17.5. The van der Waals surface area contributed by atoms with Gasteiger partial charge in [-0.2, -0.15) is 4.31 Å². The Kier molecular flexibility index (Phi) is 5.40. The first-order valence-corrected chi connectivity index (χ1v) is 11.9. The molecule has 2 aromatic heterocycles. The molecule has 0 spiro atoms. The molecule has 5 rings (SSSR count). The molecule has 10 heteroatoms. The summed E-state index contributed by atoms with van der Waals surface area (Å²) >= 11 is 6.19. The number of aromatic amines is 1. The number of aryl methyl sites for hydroxylation is 1. The number of aromatic nitrogens is 1. The number of H-pyrrole nitrogens is 1. The molecule has 1 aliphatic heterocycles. The van der Waals surface area contributed by atoms with Crippen LogP contribution in [0, 0.1) is 6.92 Å². The summed E-state index contributed by atoms with van der Waals surface area (Å²) in [5.74, 6) is 1.55. The maximum absolute atomic E-state index is 13.5. The first kappa shape index (κ1) is 21.6. The molecule has 0 aliphatic carbocycles. The van der Waals surface area contributed by atoms with Gasteiger partial charge in [0.1, 0.15) is 5.76 Å². The summed E-state index contributed by atoms with van der Waals surface area (Å²) in [6.45, 7) is 1.67. The van der Waals surface area contributed by atoms with Crippen LogP contribution in [0.4, 0.5) is 0 Å². The number of benzene rings is 2. The standard InChI is InChI=1S/C23H19ClN2O6S/c1-14-4-5-18(9-19(14)24)33(28,29)26(12-17-3-2-6-30-17)11-16-7-15-8-21-22(32-13-31-21)10-20(15)25-23(16)27/h2-10H,11-13H2,1H3,(H,25,27). The summed E-state index contributed by atoms with van der Waals surface area (Å²) in [7, 11) is -4.00. The zero-order valence-corrected chi connectivity index (χ0v) is 19.1. The molecule has 0 saturated carbocycles. The molecule has 3 heterocycles. The van der Waals surface area contributed by atoms with Crippen molar-refractivity contribution < 1.29 is 22.3 Å². The van der Waals surface area contributed by atoms with Gasteiger partial charge in [0.15, 0.2) is 11.5 Å². The number of halogens is 1. The second kappa shape index (κ2) is 8.26. The van der Waals surface area contributed by atoms with Crippen molar-refractivity contribution in [2.75, 3.05) is 6.79 Å². The van der Waals surface area contributed by atoms with E-state index < -0.39 is 15.6 Å². The van der Waals surface area contributed by atoms with E-state index in [9.17, 15) is 13.2 Å². The van der Waals surface area contributed by atoms with Gasteiger partial charge in [-0.15, -0.1) is 0 Å². The summed E-state index contributed by atoms with van der Waals surface area (Å²) in [5, 5.41) is 1.04. The number of hydrogen-bond acceptors (Lipinski definition) is 6. The van der Waals surface area contributed by atoms with Crippen LogP contribution in [0.1, 0.15) is 16.9 Å². The van der Waals surface area contributed by atoms with Crippen molar-refractivity contribution in [1.82, 2.24) is 9.29 Å². The fourth-order valence-electron chi connectivity index (χ4n) is 3.63. The Labute approximate surface area is 194 Å². The molecule has 0 amide bonds.